The number of hydrogen-bond donors (Lipinski definition) is 1. The Morgan fingerprint density at radius 2 is 2.26 bits per heavy atom. The van der Waals surface area contributed by atoms with Crippen molar-refractivity contribution in [1.29, 1.82) is 0 Å². The van der Waals surface area contributed by atoms with Crippen LogP contribution < -0.4 is 5.73 Å². The van der Waals surface area contributed by atoms with E-state index >= 15 is 0 Å². The smallest absolute Gasteiger partial charge is 0.223 e. The first kappa shape index (κ1) is 14.1. The molecule has 0 bridgehead atoms. The predicted molar refractivity (Wildman–Crippen MR) is 74.3 cm³/mol. The SMILES string of the molecule is Cn1ccnc1CN(C(=O)CCCCCN)C1CC1. The van der Waals surface area contributed by atoms with E-state index in [9.17, 15) is 4.79 Å². The Bertz CT molecular complexity index is 411. The number of unbranched alkanes of at least 4 members (excludes halogenated alkanes) is 2. The van der Waals surface area contributed by atoms with Crippen molar-refractivity contribution in [3.8, 4) is 0 Å². The molecule has 0 atom stereocenters. The fourth-order valence-electron chi connectivity index (χ4n) is 2.25. The van der Waals surface area contributed by atoms with Crippen LogP contribution in [-0.2, 0) is 18.4 Å². The summed E-state index contributed by atoms with van der Waals surface area (Å²) in [6.45, 7) is 1.36. The molecule has 5 heteroatoms. The van der Waals surface area contributed by atoms with E-state index in [1.54, 1.807) is 6.20 Å². The molecule has 2 rings (SSSR count). The van der Waals surface area contributed by atoms with Crippen LogP contribution in [0.25, 0.3) is 0 Å². The van der Waals surface area contributed by atoms with Crippen LogP contribution in [0.2, 0.25) is 0 Å². The molecule has 1 amide bonds. The van der Waals surface area contributed by atoms with E-state index < -0.39 is 0 Å². The number of aryl methyl sites for hydroxylation is 1. The molecule has 19 heavy (non-hydrogen) atoms. The van der Waals surface area contributed by atoms with E-state index in [0.29, 0.717) is 25.6 Å². The quantitative estimate of drug-likeness (QED) is 0.722. The minimum absolute atomic E-state index is 0.266. The lowest BCUT2D eigenvalue weighted by atomic mass is 10.2. The van der Waals surface area contributed by atoms with Gasteiger partial charge in [-0.3, -0.25) is 4.79 Å². The summed E-state index contributed by atoms with van der Waals surface area (Å²) >= 11 is 0. The first-order valence-corrected chi connectivity index (χ1v) is 7.18. The molecule has 106 valence electrons. The van der Waals surface area contributed by atoms with Crippen LogP contribution in [0.4, 0.5) is 0 Å². The van der Waals surface area contributed by atoms with E-state index in [1.165, 1.54) is 0 Å². The highest BCUT2D eigenvalue weighted by Gasteiger charge is 2.32. The summed E-state index contributed by atoms with van der Waals surface area (Å²) in [7, 11) is 1.97. The van der Waals surface area contributed by atoms with E-state index in [-0.39, 0.29) is 5.91 Å². The van der Waals surface area contributed by atoms with Gasteiger partial charge < -0.3 is 15.2 Å². The Morgan fingerprint density at radius 3 is 2.84 bits per heavy atom. The number of carbonyl (C=O) groups excluding carboxylic acids is 1. The molecule has 5 nitrogen and oxygen atoms in total. The highest BCUT2D eigenvalue weighted by atomic mass is 16.2. The first-order valence-electron chi connectivity index (χ1n) is 7.18. The molecule has 1 aromatic heterocycles. The molecule has 0 saturated heterocycles. The van der Waals surface area contributed by atoms with Crippen molar-refractivity contribution in [2.45, 2.75) is 51.1 Å². The maximum atomic E-state index is 12.3. The van der Waals surface area contributed by atoms with Crippen molar-refractivity contribution in [2.75, 3.05) is 6.54 Å². The van der Waals surface area contributed by atoms with Gasteiger partial charge in [0, 0.05) is 31.9 Å². The number of imidazole rings is 1. The standard InChI is InChI=1S/C14H24N4O/c1-17-10-9-16-13(17)11-18(12-6-7-12)14(19)5-3-2-4-8-15/h9-10,12H,2-8,11,15H2,1H3. The third-order valence-corrected chi connectivity index (χ3v) is 3.64. The van der Waals surface area contributed by atoms with Crippen molar-refractivity contribution in [3.63, 3.8) is 0 Å². The number of nitrogens with two attached hydrogens (primary N) is 1. The van der Waals surface area contributed by atoms with Crippen molar-refractivity contribution in [3.05, 3.63) is 18.2 Å². The Kier molecular flexibility index (Phi) is 4.96. The van der Waals surface area contributed by atoms with Gasteiger partial charge in [-0.1, -0.05) is 6.42 Å². The van der Waals surface area contributed by atoms with E-state index in [1.807, 2.05) is 22.7 Å². The van der Waals surface area contributed by atoms with Crippen molar-refractivity contribution >= 4 is 5.91 Å². The van der Waals surface area contributed by atoms with Gasteiger partial charge in [0.2, 0.25) is 5.91 Å². The molecule has 1 heterocycles. The van der Waals surface area contributed by atoms with Crippen LogP contribution in [0, 0.1) is 0 Å². The molecular weight excluding hydrogens is 240 g/mol. The molecule has 0 aromatic carbocycles. The monoisotopic (exact) mass is 264 g/mol. The number of nitrogens with zero attached hydrogens (tertiary/aromatic N) is 3. The van der Waals surface area contributed by atoms with E-state index in [4.69, 9.17) is 5.73 Å². The summed E-state index contributed by atoms with van der Waals surface area (Å²) in [5.74, 6) is 1.23. The lowest BCUT2D eigenvalue weighted by molar-refractivity contribution is -0.132. The molecule has 1 aromatic rings. The number of amides is 1. The van der Waals surface area contributed by atoms with Gasteiger partial charge >= 0.3 is 0 Å². The van der Waals surface area contributed by atoms with Gasteiger partial charge in [-0.05, 0) is 32.2 Å². The third-order valence-electron chi connectivity index (χ3n) is 3.64. The maximum absolute atomic E-state index is 12.3. The van der Waals surface area contributed by atoms with Crippen LogP contribution in [0.5, 0.6) is 0 Å². The van der Waals surface area contributed by atoms with Gasteiger partial charge in [0.1, 0.15) is 5.82 Å². The Balaban J connectivity index is 1.85. The average Bonchev–Trinajstić information content (AvgIpc) is 3.16. The van der Waals surface area contributed by atoms with Crippen molar-refractivity contribution in [1.82, 2.24) is 14.5 Å². The fraction of sp³-hybridized carbons (Fsp3) is 0.714. The Morgan fingerprint density at radius 1 is 1.47 bits per heavy atom. The van der Waals surface area contributed by atoms with Gasteiger partial charge in [-0.15, -0.1) is 0 Å². The topological polar surface area (TPSA) is 64.2 Å². The number of aromatic nitrogens is 2. The lowest BCUT2D eigenvalue weighted by Crippen LogP contribution is -2.33. The molecule has 1 fully saturated rings. The highest BCUT2D eigenvalue weighted by Crippen LogP contribution is 2.29. The van der Waals surface area contributed by atoms with Gasteiger partial charge in [0.15, 0.2) is 0 Å². The molecular formula is C14H24N4O. The molecule has 1 aliphatic carbocycles. The number of carbonyl (C=O) groups is 1. The van der Waals surface area contributed by atoms with Crippen LogP contribution in [0.15, 0.2) is 12.4 Å². The van der Waals surface area contributed by atoms with Gasteiger partial charge in [0.25, 0.3) is 0 Å². The normalized spacial score (nSPS) is 14.6. The minimum atomic E-state index is 0.266. The second kappa shape index (κ2) is 6.70. The second-order valence-corrected chi connectivity index (χ2v) is 5.31. The lowest BCUT2D eigenvalue weighted by Gasteiger charge is -2.22. The maximum Gasteiger partial charge on any atom is 0.223 e. The highest BCUT2D eigenvalue weighted by molar-refractivity contribution is 5.76. The first-order chi connectivity index (χ1) is 9.22. The van der Waals surface area contributed by atoms with Crippen LogP contribution in [-0.4, -0.2) is 32.9 Å². The molecule has 1 saturated carbocycles. The van der Waals surface area contributed by atoms with Crippen LogP contribution in [0.1, 0.15) is 44.3 Å². The molecule has 0 aliphatic heterocycles. The second-order valence-electron chi connectivity index (χ2n) is 5.31. The van der Waals surface area contributed by atoms with Gasteiger partial charge in [-0.25, -0.2) is 4.98 Å². The predicted octanol–water partition coefficient (Wildman–Crippen LogP) is 1.43. The molecule has 2 N–H and O–H groups in total. The van der Waals surface area contributed by atoms with Crippen molar-refractivity contribution in [2.24, 2.45) is 12.8 Å². The van der Waals surface area contributed by atoms with Crippen LogP contribution in [0.3, 0.4) is 0 Å². The van der Waals surface area contributed by atoms with Gasteiger partial charge in [-0.2, -0.15) is 0 Å². The largest absolute Gasteiger partial charge is 0.337 e. The van der Waals surface area contributed by atoms with Crippen molar-refractivity contribution < 1.29 is 4.79 Å². The zero-order valence-electron chi connectivity index (χ0n) is 11.7. The van der Waals surface area contributed by atoms with E-state index in [2.05, 4.69) is 4.98 Å². The molecule has 1 aliphatic rings. The summed E-state index contributed by atoms with van der Waals surface area (Å²) in [4.78, 5) is 18.6. The molecule has 0 unspecified atom stereocenters. The zero-order chi connectivity index (χ0) is 13.7. The fourth-order valence-corrected chi connectivity index (χ4v) is 2.25. The zero-order valence-corrected chi connectivity index (χ0v) is 11.7. The summed E-state index contributed by atoms with van der Waals surface area (Å²) < 4.78 is 1.98. The Labute approximate surface area is 114 Å². The van der Waals surface area contributed by atoms with Crippen LogP contribution >= 0.6 is 0 Å². The summed E-state index contributed by atoms with van der Waals surface area (Å²) in [6.07, 6.45) is 9.62. The number of rotatable bonds is 8. The Hall–Kier alpha value is -1.36. The van der Waals surface area contributed by atoms with Gasteiger partial charge in [0.05, 0.1) is 6.54 Å². The average molecular weight is 264 g/mol. The summed E-state index contributed by atoms with van der Waals surface area (Å²) in [6, 6.07) is 0.443. The molecule has 0 radical (unpaired) electrons. The summed E-state index contributed by atoms with van der Waals surface area (Å²) in [5, 5.41) is 0. The summed E-state index contributed by atoms with van der Waals surface area (Å²) in [5.41, 5.74) is 5.46. The minimum Gasteiger partial charge on any atom is -0.337 e. The number of hydrogen-bond acceptors (Lipinski definition) is 3. The van der Waals surface area contributed by atoms with E-state index in [0.717, 1.165) is 37.9 Å². The third kappa shape index (κ3) is 4.06. The molecule has 0 spiro atoms.